The lowest BCUT2D eigenvalue weighted by atomic mass is 10.2. The van der Waals surface area contributed by atoms with E-state index in [-0.39, 0.29) is 16.5 Å². The van der Waals surface area contributed by atoms with Crippen molar-refractivity contribution in [1.29, 1.82) is 0 Å². The summed E-state index contributed by atoms with van der Waals surface area (Å²) < 4.78 is 46.2. The lowest BCUT2D eigenvalue weighted by Gasteiger charge is -2.12. The Morgan fingerprint density at radius 3 is 2.50 bits per heavy atom. The fourth-order valence-electron chi connectivity index (χ4n) is 3.25. The lowest BCUT2D eigenvalue weighted by Crippen LogP contribution is -2.16. The average molecular weight is 553 g/mol. The van der Waals surface area contributed by atoms with Crippen molar-refractivity contribution in [3.05, 3.63) is 82.3 Å². The highest BCUT2D eigenvalue weighted by molar-refractivity contribution is 7.99. The van der Waals surface area contributed by atoms with Gasteiger partial charge in [0.15, 0.2) is 11.0 Å². The fourth-order valence-corrected chi connectivity index (χ4v) is 4.29. The number of anilines is 1. The largest absolute Gasteiger partial charge is 0.497 e. The minimum absolute atomic E-state index is 0.00834. The van der Waals surface area contributed by atoms with Gasteiger partial charge in [0, 0.05) is 16.3 Å². The second kappa shape index (κ2) is 10.8. The molecule has 6 nitrogen and oxygen atoms in total. The zero-order valence-corrected chi connectivity index (χ0v) is 20.8. The molecular weight excluding hydrogens is 536 g/mol. The van der Waals surface area contributed by atoms with E-state index in [1.807, 2.05) is 12.1 Å². The number of ether oxygens (including phenoxy) is 1. The van der Waals surface area contributed by atoms with E-state index in [1.165, 1.54) is 0 Å². The van der Waals surface area contributed by atoms with Crippen molar-refractivity contribution in [2.75, 3.05) is 18.2 Å². The molecule has 0 unspecified atom stereocenters. The van der Waals surface area contributed by atoms with Gasteiger partial charge in [-0.05, 0) is 54.6 Å². The van der Waals surface area contributed by atoms with E-state index in [2.05, 4.69) is 15.5 Å². The molecule has 1 amide bonds. The van der Waals surface area contributed by atoms with Gasteiger partial charge in [-0.15, -0.1) is 10.2 Å². The third-order valence-corrected chi connectivity index (χ3v) is 6.46. The number of hydrogen-bond donors (Lipinski definition) is 1. The van der Waals surface area contributed by atoms with Crippen LogP contribution in [0, 0.1) is 0 Å². The Morgan fingerprint density at radius 2 is 1.81 bits per heavy atom. The molecule has 3 aromatic carbocycles. The van der Waals surface area contributed by atoms with E-state index in [0.29, 0.717) is 27.4 Å². The predicted octanol–water partition coefficient (Wildman–Crippen LogP) is 7.00. The maximum Gasteiger partial charge on any atom is 0.416 e. The van der Waals surface area contributed by atoms with Crippen LogP contribution >= 0.6 is 35.0 Å². The van der Waals surface area contributed by atoms with Crippen LogP contribution in [0.4, 0.5) is 18.9 Å². The van der Waals surface area contributed by atoms with Crippen molar-refractivity contribution in [1.82, 2.24) is 14.8 Å². The van der Waals surface area contributed by atoms with E-state index in [9.17, 15) is 18.0 Å². The summed E-state index contributed by atoms with van der Waals surface area (Å²) >= 11 is 13.1. The number of hydrogen-bond acceptors (Lipinski definition) is 5. The highest BCUT2D eigenvalue weighted by Gasteiger charge is 2.31. The van der Waals surface area contributed by atoms with Crippen LogP contribution in [-0.4, -0.2) is 33.5 Å². The molecule has 0 aliphatic carbocycles. The number of benzene rings is 3. The molecule has 0 atom stereocenters. The number of aromatic nitrogens is 3. The number of nitrogens with zero attached hydrogens (tertiary/aromatic N) is 3. The maximum atomic E-state index is 13.0. The van der Waals surface area contributed by atoms with E-state index in [1.54, 1.807) is 48.1 Å². The van der Waals surface area contributed by atoms with Crippen molar-refractivity contribution in [2.24, 2.45) is 0 Å². The molecule has 186 valence electrons. The average Bonchev–Trinajstić information content (AvgIpc) is 3.28. The van der Waals surface area contributed by atoms with Crippen molar-refractivity contribution in [3.63, 3.8) is 0 Å². The van der Waals surface area contributed by atoms with Gasteiger partial charge in [-0.1, -0.05) is 47.1 Å². The molecular formula is C24H17Cl2F3N4O2S. The number of amides is 1. The van der Waals surface area contributed by atoms with Gasteiger partial charge in [0.1, 0.15) is 5.75 Å². The normalized spacial score (nSPS) is 11.4. The number of alkyl halides is 3. The summed E-state index contributed by atoms with van der Waals surface area (Å²) in [5.41, 5.74) is 0.378. The predicted molar refractivity (Wildman–Crippen MR) is 134 cm³/mol. The van der Waals surface area contributed by atoms with Crippen LogP contribution in [0.2, 0.25) is 10.0 Å². The summed E-state index contributed by atoms with van der Waals surface area (Å²) in [4.78, 5) is 12.6. The number of halogens is 5. The number of methoxy groups -OCH3 is 1. The maximum absolute atomic E-state index is 13.0. The van der Waals surface area contributed by atoms with E-state index in [4.69, 9.17) is 27.9 Å². The van der Waals surface area contributed by atoms with Gasteiger partial charge in [0.2, 0.25) is 5.91 Å². The molecule has 36 heavy (non-hydrogen) atoms. The van der Waals surface area contributed by atoms with Gasteiger partial charge in [0.05, 0.1) is 29.1 Å². The van der Waals surface area contributed by atoms with Gasteiger partial charge in [0.25, 0.3) is 0 Å². The van der Waals surface area contributed by atoms with Crippen LogP contribution in [-0.2, 0) is 11.0 Å². The third kappa shape index (κ3) is 5.95. The number of thioether (sulfide) groups is 1. The molecule has 0 bridgehead atoms. The second-order valence-electron chi connectivity index (χ2n) is 7.38. The summed E-state index contributed by atoms with van der Waals surface area (Å²) in [6, 6.07) is 17.0. The molecule has 1 N–H and O–H groups in total. The number of carbonyl (C=O) groups excluding carboxylic acids is 1. The van der Waals surface area contributed by atoms with Crippen LogP contribution in [0.3, 0.4) is 0 Å². The van der Waals surface area contributed by atoms with Crippen LogP contribution in [0.5, 0.6) is 5.75 Å². The van der Waals surface area contributed by atoms with Crippen molar-refractivity contribution < 1.29 is 22.7 Å². The molecule has 0 saturated carbocycles. The van der Waals surface area contributed by atoms with Crippen LogP contribution in [0.1, 0.15) is 5.56 Å². The van der Waals surface area contributed by atoms with Gasteiger partial charge in [-0.3, -0.25) is 9.36 Å². The quantitative estimate of drug-likeness (QED) is 0.250. The van der Waals surface area contributed by atoms with Crippen molar-refractivity contribution in [3.8, 4) is 22.8 Å². The Bertz CT molecular complexity index is 1400. The third-order valence-electron chi connectivity index (χ3n) is 4.95. The number of carbonyl (C=O) groups is 1. The SMILES string of the molecule is COc1cccc(-c2nnc(SCC(=O)Nc3cc(C(F)(F)F)ccc3Cl)n2-c2ccc(Cl)cc2)c1. The summed E-state index contributed by atoms with van der Waals surface area (Å²) in [6.45, 7) is 0. The molecule has 12 heteroatoms. The zero-order chi connectivity index (χ0) is 25.9. The smallest absolute Gasteiger partial charge is 0.416 e. The van der Waals surface area contributed by atoms with Crippen LogP contribution < -0.4 is 10.1 Å². The van der Waals surface area contributed by atoms with Crippen LogP contribution in [0.15, 0.2) is 71.9 Å². The van der Waals surface area contributed by atoms with Crippen LogP contribution in [0.25, 0.3) is 17.1 Å². The molecule has 0 saturated heterocycles. The Labute approximate surface area is 218 Å². The monoisotopic (exact) mass is 552 g/mol. The second-order valence-corrected chi connectivity index (χ2v) is 9.17. The first kappa shape index (κ1) is 25.9. The van der Waals surface area contributed by atoms with Gasteiger partial charge in [-0.25, -0.2) is 0 Å². The minimum atomic E-state index is -4.57. The molecule has 0 aliphatic heterocycles. The van der Waals surface area contributed by atoms with Gasteiger partial charge >= 0.3 is 6.18 Å². The minimum Gasteiger partial charge on any atom is -0.497 e. The van der Waals surface area contributed by atoms with E-state index < -0.39 is 17.6 Å². The fraction of sp³-hybridized carbons (Fsp3) is 0.125. The topological polar surface area (TPSA) is 69.0 Å². The van der Waals surface area contributed by atoms with E-state index >= 15 is 0 Å². The first-order chi connectivity index (χ1) is 17.2. The Balaban J connectivity index is 1.60. The lowest BCUT2D eigenvalue weighted by molar-refractivity contribution is -0.137. The molecule has 0 spiro atoms. The molecule has 0 fully saturated rings. The Morgan fingerprint density at radius 1 is 1.06 bits per heavy atom. The van der Waals surface area contributed by atoms with Crippen molar-refractivity contribution >= 4 is 46.6 Å². The number of rotatable bonds is 7. The van der Waals surface area contributed by atoms with E-state index in [0.717, 1.165) is 35.5 Å². The summed E-state index contributed by atoms with van der Waals surface area (Å²) in [7, 11) is 1.56. The molecule has 4 aromatic rings. The number of nitrogens with one attached hydrogen (secondary N) is 1. The van der Waals surface area contributed by atoms with Crippen molar-refractivity contribution in [2.45, 2.75) is 11.3 Å². The molecule has 0 aliphatic rings. The summed E-state index contributed by atoms with van der Waals surface area (Å²) in [5, 5.41) is 11.9. The molecule has 1 heterocycles. The summed E-state index contributed by atoms with van der Waals surface area (Å²) in [6.07, 6.45) is -4.57. The Hall–Kier alpha value is -3.21. The standard InChI is InChI=1S/C24H17Cl2F3N4O2S/c1-35-18-4-2-3-14(11-18)22-31-32-23(33(22)17-8-6-16(25)7-9-17)36-13-21(34)30-20-12-15(24(27,28)29)5-10-19(20)26/h2-12H,13H2,1H3,(H,30,34). The molecule has 0 radical (unpaired) electrons. The first-order valence-corrected chi connectivity index (χ1v) is 12.0. The molecule has 4 rings (SSSR count). The summed E-state index contributed by atoms with van der Waals surface area (Å²) in [5.74, 6) is 0.413. The highest BCUT2D eigenvalue weighted by atomic mass is 35.5. The zero-order valence-electron chi connectivity index (χ0n) is 18.5. The first-order valence-electron chi connectivity index (χ1n) is 10.3. The van der Waals surface area contributed by atoms with Gasteiger partial charge < -0.3 is 10.1 Å². The Kier molecular flexibility index (Phi) is 7.77. The highest BCUT2D eigenvalue weighted by Crippen LogP contribution is 2.34. The van der Waals surface area contributed by atoms with Gasteiger partial charge in [-0.2, -0.15) is 13.2 Å². The molecule has 1 aromatic heterocycles.